The minimum Gasteiger partial charge on any atom is -0.493 e. The minimum atomic E-state index is -0.110. The van der Waals surface area contributed by atoms with Gasteiger partial charge in [0.25, 0.3) is 0 Å². The summed E-state index contributed by atoms with van der Waals surface area (Å²) in [6, 6.07) is 7.74. The summed E-state index contributed by atoms with van der Waals surface area (Å²) in [5, 5.41) is 9.52. The predicted octanol–water partition coefficient (Wildman–Crippen LogP) is 3.72. The van der Waals surface area contributed by atoms with Gasteiger partial charge >= 0.3 is 0 Å². The maximum absolute atomic E-state index is 8.71. The van der Waals surface area contributed by atoms with E-state index in [1.165, 1.54) is 25.7 Å². The SMILES string of the molecule is CC1CCCC(SCCOc2cccc(C#CCO)c2)C1. The molecule has 1 aliphatic rings. The quantitative estimate of drug-likeness (QED) is 0.664. The molecule has 2 nitrogen and oxygen atoms in total. The van der Waals surface area contributed by atoms with Crippen molar-refractivity contribution in [1.29, 1.82) is 0 Å². The van der Waals surface area contributed by atoms with Crippen molar-refractivity contribution in [2.45, 2.75) is 37.9 Å². The summed E-state index contributed by atoms with van der Waals surface area (Å²) in [4.78, 5) is 0. The summed E-state index contributed by atoms with van der Waals surface area (Å²) in [7, 11) is 0. The summed E-state index contributed by atoms with van der Waals surface area (Å²) < 4.78 is 5.79. The molecule has 21 heavy (non-hydrogen) atoms. The van der Waals surface area contributed by atoms with Gasteiger partial charge in [-0.15, -0.1) is 0 Å². The fourth-order valence-electron chi connectivity index (χ4n) is 2.71. The number of hydrogen-bond acceptors (Lipinski definition) is 3. The number of hydrogen-bond donors (Lipinski definition) is 1. The molecule has 0 aromatic heterocycles. The zero-order valence-electron chi connectivity index (χ0n) is 12.7. The van der Waals surface area contributed by atoms with Crippen LogP contribution in [0.3, 0.4) is 0 Å². The first-order chi connectivity index (χ1) is 10.3. The smallest absolute Gasteiger partial charge is 0.120 e. The highest BCUT2D eigenvalue weighted by atomic mass is 32.2. The predicted molar refractivity (Wildman–Crippen MR) is 89.8 cm³/mol. The van der Waals surface area contributed by atoms with Crippen molar-refractivity contribution in [2.75, 3.05) is 19.0 Å². The van der Waals surface area contributed by atoms with Crippen LogP contribution in [0.4, 0.5) is 0 Å². The summed E-state index contributed by atoms with van der Waals surface area (Å²) >= 11 is 2.05. The Hall–Kier alpha value is -1.11. The molecule has 0 heterocycles. The van der Waals surface area contributed by atoms with Crippen LogP contribution < -0.4 is 4.74 Å². The maximum atomic E-state index is 8.71. The van der Waals surface area contributed by atoms with Crippen LogP contribution in [0, 0.1) is 17.8 Å². The van der Waals surface area contributed by atoms with Crippen LogP contribution >= 0.6 is 11.8 Å². The van der Waals surface area contributed by atoms with Gasteiger partial charge in [0.1, 0.15) is 12.4 Å². The van der Waals surface area contributed by atoms with Gasteiger partial charge in [0.2, 0.25) is 0 Å². The highest BCUT2D eigenvalue weighted by molar-refractivity contribution is 7.99. The minimum absolute atomic E-state index is 0.110. The fourth-order valence-corrected chi connectivity index (χ4v) is 4.02. The molecule has 1 saturated carbocycles. The number of aliphatic hydroxyl groups is 1. The van der Waals surface area contributed by atoms with Gasteiger partial charge in [-0.3, -0.25) is 0 Å². The first-order valence-electron chi connectivity index (χ1n) is 7.72. The van der Waals surface area contributed by atoms with E-state index in [1.54, 1.807) is 0 Å². The Bertz CT molecular complexity index is 489. The monoisotopic (exact) mass is 304 g/mol. The van der Waals surface area contributed by atoms with Crippen molar-refractivity contribution in [3.05, 3.63) is 29.8 Å². The summed E-state index contributed by atoms with van der Waals surface area (Å²) in [5.74, 6) is 8.34. The van der Waals surface area contributed by atoms with Crippen LogP contribution in [-0.4, -0.2) is 29.3 Å². The molecule has 0 radical (unpaired) electrons. The lowest BCUT2D eigenvalue weighted by molar-refractivity contribution is 0.342. The molecule has 2 rings (SSSR count). The van der Waals surface area contributed by atoms with E-state index < -0.39 is 0 Å². The number of benzene rings is 1. The van der Waals surface area contributed by atoms with Gasteiger partial charge in [0.05, 0.1) is 6.61 Å². The summed E-state index contributed by atoms with van der Waals surface area (Å²) in [5.41, 5.74) is 0.885. The average molecular weight is 304 g/mol. The average Bonchev–Trinajstić information content (AvgIpc) is 2.50. The molecule has 114 valence electrons. The third-order valence-corrected chi connectivity index (χ3v) is 5.04. The lowest BCUT2D eigenvalue weighted by Crippen LogP contribution is -2.16. The van der Waals surface area contributed by atoms with E-state index in [9.17, 15) is 0 Å². The molecule has 2 unspecified atom stereocenters. The van der Waals surface area contributed by atoms with Crippen LogP contribution in [0.2, 0.25) is 0 Å². The molecule has 0 spiro atoms. The summed E-state index contributed by atoms with van der Waals surface area (Å²) in [6.07, 6.45) is 5.50. The first-order valence-corrected chi connectivity index (χ1v) is 8.77. The van der Waals surface area contributed by atoms with Gasteiger partial charge in [-0.1, -0.05) is 37.7 Å². The summed E-state index contributed by atoms with van der Waals surface area (Å²) in [6.45, 7) is 3.00. The molecular weight excluding hydrogens is 280 g/mol. The number of rotatable bonds is 5. The molecule has 1 N–H and O–H groups in total. The number of aliphatic hydroxyl groups excluding tert-OH is 1. The third kappa shape index (κ3) is 6.03. The van der Waals surface area contributed by atoms with Gasteiger partial charge in [-0.2, -0.15) is 11.8 Å². The van der Waals surface area contributed by atoms with Crippen molar-refractivity contribution in [2.24, 2.45) is 5.92 Å². The lowest BCUT2D eigenvalue weighted by atomic mass is 9.91. The standard InChI is InChI=1S/C18H24O2S/c1-15-5-2-9-18(13-15)21-12-11-20-17-8-3-6-16(14-17)7-4-10-19/h3,6,8,14-15,18-19H,2,5,9-13H2,1H3. The molecule has 1 aliphatic carbocycles. The molecular formula is C18H24O2S. The molecule has 0 saturated heterocycles. The second-order valence-corrected chi connectivity index (χ2v) is 7.01. The van der Waals surface area contributed by atoms with Crippen molar-refractivity contribution in [3.8, 4) is 17.6 Å². The number of ether oxygens (including phenoxy) is 1. The molecule has 1 fully saturated rings. The van der Waals surface area contributed by atoms with E-state index in [0.717, 1.165) is 34.8 Å². The van der Waals surface area contributed by atoms with Crippen molar-refractivity contribution in [3.63, 3.8) is 0 Å². The third-order valence-electron chi connectivity index (χ3n) is 3.74. The molecule has 3 heteroatoms. The van der Waals surface area contributed by atoms with Crippen LogP contribution in [0.15, 0.2) is 24.3 Å². The van der Waals surface area contributed by atoms with Crippen LogP contribution in [0.1, 0.15) is 38.2 Å². The van der Waals surface area contributed by atoms with Gasteiger partial charge < -0.3 is 9.84 Å². The Kier molecular flexibility index (Phi) is 6.99. The van der Waals surface area contributed by atoms with Gasteiger partial charge in [-0.25, -0.2) is 0 Å². The molecule has 0 amide bonds. The zero-order valence-corrected chi connectivity index (χ0v) is 13.5. The molecule has 0 bridgehead atoms. The highest BCUT2D eigenvalue weighted by Gasteiger charge is 2.18. The molecule has 0 aliphatic heterocycles. The van der Waals surface area contributed by atoms with Crippen LogP contribution in [-0.2, 0) is 0 Å². The van der Waals surface area contributed by atoms with E-state index in [0.29, 0.717) is 0 Å². The zero-order chi connectivity index (χ0) is 14.9. The Balaban J connectivity index is 1.71. The second kappa shape index (κ2) is 9.02. The molecule has 1 aromatic carbocycles. The van der Waals surface area contributed by atoms with E-state index in [-0.39, 0.29) is 6.61 Å². The van der Waals surface area contributed by atoms with Crippen molar-refractivity contribution >= 4 is 11.8 Å². The van der Waals surface area contributed by atoms with E-state index in [4.69, 9.17) is 9.84 Å². The Morgan fingerprint density at radius 1 is 1.38 bits per heavy atom. The molecule has 1 aromatic rings. The van der Waals surface area contributed by atoms with Gasteiger partial charge in [-0.05, 0) is 37.0 Å². The van der Waals surface area contributed by atoms with Crippen molar-refractivity contribution < 1.29 is 9.84 Å². The second-order valence-electron chi connectivity index (χ2n) is 5.60. The highest BCUT2D eigenvalue weighted by Crippen LogP contribution is 2.31. The van der Waals surface area contributed by atoms with E-state index in [2.05, 4.69) is 30.5 Å². The normalized spacial score (nSPS) is 21.4. The largest absolute Gasteiger partial charge is 0.493 e. The fraction of sp³-hybridized carbons (Fsp3) is 0.556. The van der Waals surface area contributed by atoms with Crippen LogP contribution in [0.5, 0.6) is 5.75 Å². The Labute approximate surface area is 132 Å². The van der Waals surface area contributed by atoms with Gasteiger partial charge in [0.15, 0.2) is 0 Å². The Morgan fingerprint density at radius 2 is 2.29 bits per heavy atom. The van der Waals surface area contributed by atoms with Gasteiger partial charge in [0, 0.05) is 16.6 Å². The first kappa shape index (κ1) is 16.3. The maximum Gasteiger partial charge on any atom is 0.120 e. The van der Waals surface area contributed by atoms with E-state index in [1.807, 2.05) is 24.3 Å². The van der Waals surface area contributed by atoms with Crippen LogP contribution in [0.25, 0.3) is 0 Å². The Morgan fingerprint density at radius 3 is 3.10 bits per heavy atom. The lowest BCUT2D eigenvalue weighted by Gasteiger charge is -2.26. The molecule has 2 atom stereocenters. The van der Waals surface area contributed by atoms with Crippen molar-refractivity contribution in [1.82, 2.24) is 0 Å². The van der Waals surface area contributed by atoms with E-state index >= 15 is 0 Å². The number of thioether (sulfide) groups is 1. The topological polar surface area (TPSA) is 29.5 Å².